The van der Waals surface area contributed by atoms with Gasteiger partial charge in [0.15, 0.2) is 10.6 Å². The zero-order chi connectivity index (χ0) is 18.7. The Hall–Kier alpha value is -1.47. The van der Waals surface area contributed by atoms with Gasteiger partial charge in [0.2, 0.25) is 5.91 Å². The van der Waals surface area contributed by atoms with Crippen LogP contribution < -0.4 is 5.32 Å². The number of nitrogens with one attached hydrogen (secondary N) is 2. The number of rotatable bonds is 4. The fourth-order valence-corrected chi connectivity index (χ4v) is 6.08. The Bertz CT molecular complexity index is 882. The van der Waals surface area contributed by atoms with E-state index in [4.69, 9.17) is 12.2 Å². The molecule has 4 rings (SSSR count). The van der Waals surface area contributed by atoms with Crippen molar-refractivity contribution in [3.63, 3.8) is 0 Å². The van der Waals surface area contributed by atoms with E-state index in [0.29, 0.717) is 10.7 Å². The van der Waals surface area contributed by atoms with E-state index in [1.54, 1.807) is 11.3 Å². The zero-order valence-corrected chi connectivity index (χ0v) is 17.3. The van der Waals surface area contributed by atoms with Crippen LogP contribution in [0.15, 0.2) is 17.5 Å². The van der Waals surface area contributed by atoms with Gasteiger partial charge < -0.3 is 5.32 Å². The number of fused-ring (bicyclic) bond motifs is 2. The number of aromatic nitrogens is 3. The number of nitrogens with zero attached hydrogens (tertiary/aromatic N) is 2. The lowest BCUT2D eigenvalue weighted by Crippen LogP contribution is -2.48. The summed E-state index contributed by atoms with van der Waals surface area (Å²) in [5, 5.41) is 12.5. The Morgan fingerprint density at radius 2 is 2.27 bits per heavy atom. The summed E-state index contributed by atoms with van der Waals surface area (Å²) in [6.07, 6.45) is 3.55. The van der Waals surface area contributed by atoms with Crippen LogP contribution in [0.25, 0.3) is 10.7 Å². The van der Waals surface area contributed by atoms with Crippen molar-refractivity contribution >= 4 is 29.5 Å². The van der Waals surface area contributed by atoms with Crippen LogP contribution in [0.1, 0.15) is 53.0 Å². The Morgan fingerprint density at radius 3 is 2.85 bits per heavy atom. The predicted octanol–water partition coefficient (Wildman–Crippen LogP) is 4.56. The van der Waals surface area contributed by atoms with Crippen LogP contribution in [0, 0.1) is 21.5 Å². The van der Waals surface area contributed by atoms with Gasteiger partial charge in [0.05, 0.1) is 4.88 Å². The minimum absolute atomic E-state index is 0.0230. The molecule has 4 atom stereocenters. The van der Waals surface area contributed by atoms with E-state index in [0.717, 1.165) is 17.1 Å². The monoisotopic (exact) mass is 390 g/mol. The highest BCUT2D eigenvalue weighted by molar-refractivity contribution is 7.71. The number of thiophene rings is 1. The van der Waals surface area contributed by atoms with E-state index in [2.05, 4.69) is 36.3 Å². The third kappa shape index (κ3) is 2.43. The van der Waals surface area contributed by atoms with Gasteiger partial charge in [-0.25, -0.2) is 0 Å². The number of carbonyl (C=O) groups excluding carboxylic acids is 1. The first kappa shape index (κ1) is 17.9. The molecule has 0 saturated heterocycles. The molecular formula is C19H26N4OS2. The molecule has 5 nitrogen and oxygen atoms in total. The van der Waals surface area contributed by atoms with E-state index in [1.807, 2.05) is 29.0 Å². The fourth-order valence-electron chi connectivity index (χ4n) is 5.08. The third-order valence-electron chi connectivity index (χ3n) is 7.32. The van der Waals surface area contributed by atoms with Crippen molar-refractivity contribution in [2.24, 2.45) is 16.7 Å². The highest BCUT2D eigenvalue weighted by atomic mass is 32.1. The molecule has 2 aromatic rings. The van der Waals surface area contributed by atoms with Crippen LogP contribution in [-0.2, 0) is 4.79 Å². The summed E-state index contributed by atoms with van der Waals surface area (Å²) < 4.78 is 2.31. The Labute approximate surface area is 163 Å². The normalized spacial score (nSPS) is 30.5. The molecule has 2 aliphatic rings. The minimum atomic E-state index is -0.399. The minimum Gasteiger partial charge on any atom is -0.351 e. The van der Waals surface area contributed by atoms with Crippen LogP contribution in [0.2, 0.25) is 0 Å². The Kier molecular flexibility index (Phi) is 4.15. The molecule has 1 amide bonds. The largest absolute Gasteiger partial charge is 0.351 e. The van der Waals surface area contributed by atoms with Gasteiger partial charge in [-0.3, -0.25) is 14.5 Å². The zero-order valence-electron chi connectivity index (χ0n) is 15.7. The van der Waals surface area contributed by atoms with Crippen molar-refractivity contribution in [1.29, 1.82) is 0 Å². The molecule has 0 aromatic carbocycles. The number of carbonyl (C=O) groups is 1. The molecule has 2 bridgehead atoms. The first-order valence-corrected chi connectivity index (χ1v) is 10.6. The third-order valence-corrected chi connectivity index (χ3v) is 8.48. The van der Waals surface area contributed by atoms with E-state index in [1.165, 1.54) is 12.8 Å². The van der Waals surface area contributed by atoms with E-state index >= 15 is 0 Å². The average molecular weight is 391 g/mol. The van der Waals surface area contributed by atoms with Crippen LogP contribution in [0.3, 0.4) is 0 Å². The number of H-pyrrole nitrogens is 1. The molecule has 2 heterocycles. The van der Waals surface area contributed by atoms with Crippen molar-refractivity contribution < 1.29 is 4.79 Å². The molecule has 2 saturated carbocycles. The Morgan fingerprint density at radius 1 is 1.50 bits per heavy atom. The summed E-state index contributed by atoms with van der Waals surface area (Å²) in [5.41, 5.74) is 0.448. The van der Waals surface area contributed by atoms with Gasteiger partial charge in [0.25, 0.3) is 0 Å². The second kappa shape index (κ2) is 6.02. The SMILES string of the molecule is CC(C(=O)NC1CC2CCC1(C)C2(C)C)n1c(-c2cccs2)n[nH]c1=S. The van der Waals surface area contributed by atoms with Gasteiger partial charge >= 0.3 is 0 Å². The fraction of sp³-hybridized carbons (Fsp3) is 0.632. The molecule has 7 heteroatoms. The molecule has 2 N–H and O–H groups in total. The molecule has 0 aliphatic heterocycles. The molecule has 2 aliphatic carbocycles. The van der Waals surface area contributed by atoms with Gasteiger partial charge in [-0.05, 0) is 66.6 Å². The van der Waals surface area contributed by atoms with Crippen LogP contribution in [0.4, 0.5) is 0 Å². The predicted molar refractivity (Wildman–Crippen MR) is 107 cm³/mol. The maximum absolute atomic E-state index is 13.1. The van der Waals surface area contributed by atoms with Crippen molar-refractivity contribution in [2.45, 2.75) is 59.0 Å². The van der Waals surface area contributed by atoms with Crippen molar-refractivity contribution in [3.8, 4) is 10.7 Å². The van der Waals surface area contributed by atoms with Gasteiger partial charge in [0.1, 0.15) is 6.04 Å². The summed E-state index contributed by atoms with van der Waals surface area (Å²) in [6.45, 7) is 8.97. The molecule has 0 radical (unpaired) electrons. The quantitative estimate of drug-likeness (QED) is 0.752. The van der Waals surface area contributed by atoms with E-state index in [-0.39, 0.29) is 22.8 Å². The lowest BCUT2D eigenvalue weighted by molar-refractivity contribution is -0.125. The van der Waals surface area contributed by atoms with E-state index in [9.17, 15) is 4.79 Å². The standard InChI is InChI=1S/C19H26N4OS2/c1-11(23-15(21-22-17(23)25)13-6-5-9-26-13)16(24)20-14-10-12-7-8-19(14,4)18(12,2)3/h5-6,9,11-12,14H,7-8,10H2,1-4H3,(H,20,24)(H,22,25). The molecule has 0 spiro atoms. The second-order valence-corrected chi connectivity index (χ2v) is 9.88. The van der Waals surface area contributed by atoms with Gasteiger partial charge in [-0.2, -0.15) is 5.10 Å². The van der Waals surface area contributed by atoms with Crippen LogP contribution in [0.5, 0.6) is 0 Å². The number of hydrogen-bond acceptors (Lipinski definition) is 4. The maximum atomic E-state index is 13.1. The molecule has 140 valence electrons. The molecular weight excluding hydrogens is 364 g/mol. The number of hydrogen-bond donors (Lipinski definition) is 2. The first-order valence-electron chi connectivity index (χ1n) is 9.27. The summed E-state index contributed by atoms with van der Waals surface area (Å²) in [4.78, 5) is 14.1. The summed E-state index contributed by atoms with van der Waals surface area (Å²) in [6, 6.07) is 3.81. The summed E-state index contributed by atoms with van der Waals surface area (Å²) in [7, 11) is 0. The molecule has 26 heavy (non-hydrogen) atoms. The lowest BCUT2D eigenvalue weighted by Gasteiger charge is -2.39. The lowest BCUT2D eigenvalue weighted by atomic mass is 9.69. The highest BCUT2D eigenvalue weighted by Crippen LogP contribution is 2.65. The summed E-state index contributed by atoms with van der Waals surface area (Å²) >= 11 is 7.00. The molecule has 2 aromatic heterocycles. The topological polar surface area (TPSA) is 62.7 Å². The highest BCUT2D eigenvalue weighted by Gasteiger charge is 2.61. The number of amides is 1. The first-order chi connectivity index (χ1) is 12.3. The molecule has 2 fully saturated rings. The smallest absolute Gasteiger partial charge is 0.243 e. The Balaban J connectivity index is 1.57. The van der Waals surface area contributed by atoms with Crippen molar-refractivity contribution in [3.05, 3.63) is 22.3 Å². The summed E-state index contributed by atoms with van der Waals surface area (Å²) in [5.74, 6) is 1.45. The number of aromatic amines is 1. The average Bonchev–Trinajstić information content (AvgIpc) is 3.32. The van der Waals surface area contributed by atoms with Crippen molar-refractivity contribution in [1.82, 2.24) is 20.1 Å². The van der Waals surface area contributed by atoms with Gasteiger partial charge in [0, 0.05) is 6.04 Å². The molecule has 4 unspecified atom stereocenters. The maximum Gasteiger partial charge on any atom is 0.243 e. The second-order valence-electron chi connectivity index (χ2n) is 8.55. The van der Waals surface area contributed by atoms with Crippen LogP contribution in [-0.4, -0.2) is 26.7 Å². The van der Waals surface area contributed by atoms with Gasteiger partial charge in [-0.15, -0.1) is 11.3 Å². The van der Waals surface area contributed by atoms with Crippen molar-refractivity contribution in [2.75, 3.05) is 0 Å². The van der Waals surface area contributed by atoms with E-state index < -0.39 is 6.04 Å². The van der Waals surface area contributed by atoms with Crippen LogP contribution >= 0.6 is 23.6 Å². The van der Waals surface area contributed by atoms with Gasteiger partial charge in [-0.1, -0.05) is 26.8 Å².